The van der Waals surface area contributed by atoms with Gasteiger partial charge in [0.25, 0.3) is 0 Å². The summed E-state index contributed by atoms with van der Waals surface area (Å²) in [7, 11) is 0. The predicted molar refractivity (Wildman–Crippen MR) is 60.2 cm³/mol. The van der Waals surface area contributed by atoms with Crippen LogP contribution in [0.2, 0.25) is 5.15 Å². The van der Waals surface area contributed by atoms with E-state index in [0.29, 0.717) is 4.68 Å². The first-order chi connectivity index (χ1) is 9.23. The van der Waals surface area contributed by atoms with Crippen LogP contribution < -0.4 is 0 Å². The zero-order valence-corrected chi connectivity index (χ0v) is 10.1. The first-order valence-corrected chi connectivity index (χ1v) is 5.36. The molecule has 2 aromatic rings. The second-order valence-corrected chi connectivity index (χ2v) is 3.96. The Balaban J connectivity index is 2.75. The zero-order valence-electron chi connectivity index (χ0n) is 9.36. The fourth-order valence-corrected chi connectivity index (χ4v) is 1.81. The molecule has 20 heavy (non-hydrogen) atoms. The van der Waals surface area contributed by atoms with E-state index < -0.39 is 39.1 Å². The molecule has 0 amide bonds. The van der Waals surface area contributed by atoms with E-state index >= 15 is 0 Å². The third-order valence-corrected chi connectivity index (χ3v) is 2.68. The Bertz CT molecular complexity index is 684. The lowest BCUT2D eigenvalue weighted by Crippen LogP contribution is -2.09. The molecule has 106 valence electrons. The molecule has 0 unspecified atom stereocenters. The van der Waals surface area contributed by atoms with Gasteiger partial charge in [0.05, 0.1) is 4.92 Å². The highest BCUT2D eigenvalue weighted by Crippen LogP contribution is 2.40. The Morgan fingerprint density at radius 3 is 2.35 bits per heavy atom. The van der Waals surface area contributed by atoms with Gasteiger partial charge in [0.1, 0.15) is 11.5 Å². The fraction of sp³-hybridized carbons (Fsp3) is 0.100. The van der Waals surface area contributed by atoms with Crippen LogP contribution >= 0.6 is 11.6 Å². The quantitative estimate of drug-likeness (QED) is 0.484. The number of alkyl halides is 3. The lowest BCUT2D eigenvalue weighted by Gasteiger charge is -2.03. The van der Waals surface area contributed by atoms with Crippen molar-refractivity contribution in [2.24, 2.45) is 0 Å². The van der Waals surface area contributed by atoms with Crippen molar-refractivity contribution in [3.8, 4) is 5.69 Å². The van der Waals surface area contributed by atoms with Gasteiger partial charge >= 0.3 is 11.9 Å². The summed E-state index contributed by atoms with van der Waals surface area (Å²) in [5.74, 6) is -0.916. The molecule has 0 bridgehead atoms. The van der Waals surface area contributed by atoms with E-state index in [0.717, 1.165) is 12.1 Å². The van der Waals surface area contributed by atoms with Crippen molar-refractivity contribution < 1.29 is 22.5 Å². The topological polar surface area (TPSA) is 61.0 Å². The van der Waals surface area contributed by atoms with Gasteiger partial charge in [0.2, 0.25) is 10.8 Å². The van der Waals surface area contributed by atoms with E-state index in [-0.39, 0.29) is 0 Å². The van der Waals surface area contributed by atoms with Gasteiger partial charge in [0.15, 0.2) is 0 Å². The van der Waals surface area contributed by atoms with E-state index in [1.165, 1.54) is 12.1 Å². The molecule has 0 saturated heterocycles. The summed E-state index contributed by atoms with van der Waals surface area (Å²) in [6, 6.07) is 4.69. The lowest BCUT2D eigenvalue weighted by atomic mass is 10.3. The van der Waals surface area contributed by atoms with Crippen LogP contribution in [0.15, 0.2) is 24.3 Å². The largest absolute Gasteiger partial charge is 0.442 e. The summed E-state index contributed by atoms with van der Waals surface area (Å²) in [6.07, 6.45) is -5.08. The molecule has 5 nitrogen and oxygen atoms in total. The maximum absolute atomic E-state index is 13.5. The molecule has 1 heterocycles. The summed E-state index contributed by atoms with van der Waals surface area (Å²) in [5, 5.41) is 12.8. The molecule has 0 N–H and O–H groups in total. The van der Waals surface area contributed by atoms with Crippen molar-refractivity contribution in [1.29, 1.82) is 0 Å². The molecule has 0 aliphatic carbocycles. The molecule has 0 radical (unpaired) electrons. The van der Waals surface area contributed by atoms with Crippen molar-refractivity contribution in [1.82, 2.24) is 9.78 Å². The van der Waals surface area contributed by atoms with Gasteiger partial charge in [-0.3, -0.25) is 10.1 Å². The molecule has 0 atom stereocenters. The number of hydrogen-bond acceptors (Lipinski definition) is 3. The van der Waals surface area contributed by atoms with Gasteiger partial charge in [-0.25, -0.2) is 9.07 Å². The number of para-hydroxylation sites is 1. The number of nitro groups is 1. The molecular formula is C10H4ClF4N3O2. The van der Waals surface area contributed by atoms with Gasteiger partial charge in [-0.2, -0.15) is 18.3 Å². The Morgan fingerprint density at radius 2 is 1.90 bits per heavy atom. The van der Waals surface area contributed by atoms with Crippen LogP contribution in [0.5, 0.6) is 0 Å². The third kappa shape index (κ3) is 2.31. The summed E-state index contributed by atoms with van der Waals surface area (Å²) in [4.78, 5) is 9.38. The summed E-state index contributed by atoms with van der Waals surface area (Å²) >= 11 is 5.53. The number of halogens is 5. The first kappa shape index (κ1) is 14.3. The molecule has 0 aliphatic heterocycles. The number of nitrogens with zero attached hydrogens (tertiary/aromatic N) is 3. The third-order valence-electron chi connectivity index (χ3n) is 2.34. The average Bonchev–Trinajstić information content (AvgIpc) is 2.67. The van der Waals surface area contributed by atoms with Gasteiger partial charge < -0.3 is 0 Å². The Labute approximate surface area is 113 Å². The minimum Gasteiger partial charge on any atom is -0.258 e. The van der Waals surface area contributed by atoms with Crippen LogP contribution in [0.1, 0.15) is 5.69 Å². The van der Waals surface area contributed by atoms with E-state index in [1.807, 2.05) is 0 Å². The fourth-order valence-electron chi connectivity index (χ4n) is 1.53. The SMILES string of the molecule is O=[N+]([O-])c1c(C(F)(F)F)nn(-c2ccccc2F)c1Cl. The van der Waals surface area contributed by atoms with E-state index in [9.17, 15) is 27.7 Å². The highest BCUT2D eigenvalue weighted by atomic mass is 35.5. The van der Waals surface area contributed by atoms with Crippen LogP contribution in [0, 0.1) is 15.9 Å². The van der Waals surface area contributed by atoms with Crippen LogP contribution in [0.25, 0.3) is 5.69 Å². The summed E-state index contributed by atoms with van der Waals surface area (Å²) < 4.78 is 51.9. The molecule has 0 fully saturated rings. The molecule has 1 aromatic heterocycles. The maximum Gasteiger partial charge on any atom is 0.442 e. The Morgan fingerprint density at radius 1 is 1.30 bits per heavy atom. The van der Waals surface area contributed by atoms with Gasteiger partial charge in [0, 0.05) is 0 Å². The Kier molecular flexibility index (Phi) is 3.38. The predicted octanol–water partition coefficient (Wildman–Crippen LogP) is 3.59. The van der Waals surface area contributed by atoms with Crippen molar-refractivity contribution >= 4 is 17.3 Å². The number of benzene rings is 1. The molecule has 0 spiro atoms. The molecule has 1 aromatic carbocycles. The maximum atomic E-state index is 13.5. The standard InChI is InChI=1S/C10H4ClF4N3O2/c11-9-7(18(19)20)8(10(13,14)15)16-17(9)6-4-2-1-3-5(6)12/h1-4H. The average molecular weight is 310 g/mol. The molecule has 10 heteroatoms. The van der Waals surface area contributed by atoms with Crippen molar-refractivity contribution in [2.75, 3.05) is 0 Å². The first-order valence-electron chi connectivity index (χ1n) is 4.98. The Hall–Kier alpha value is -2.16. The smallest absolute Gasteiger partial charge is 0.258 e. The number of hydrogen-bond donors (Lipinski definition) is 0. The number of rotatable bonds is 2. The summed E-state index contributed by atoms with van der Waals surface area (Å²) in [6.45, 7) is 0. The van der Waals surface area contributed by atoms with E-state index in [4.69, 9.17) is 11.6 Å². The van der Waals surface area contributed by atoms with Crippen molar-refractivity contribution in [3.05, 3.63) is 51.0 Å². The highest BCUT2D eigenvalue weighted by molar-refractivity contribution is 6.32. The molecular weight excluding hydrogens is 306 g/mol. The number of aromatic nitrogens is 2. The van der Waals surface area contributed by atoms with E-state index in [1.54, 1.807) is 0 Å². The van der Waals surface area contributed by atoms with Gasteiger partial charge in [-0.05, 0) is 12.1 Å². The molecule has 0 aliphatic rings. The van der Waals surface area contributed by atoms with Crippen LogP contribution in [0.4, 0.5) is 23.2 Å². The molecule has 0 saturated carbocycles. The monoisotopic (exact) mass is 309 g/mol. The lowest BCUT2D eigenvalue weighted by molar-refractivity contribution is -0.388. The molecule has 2 rings (SSSR count). The highest BCUT2D eigenvalue weighted by Gasteiger charge is 2.45. The second-order valence-electron chi connectivity index (χ2n) is 3.61. The van der Waals surface area contributed by atoms with Crippen molar-refractivity contribution in [3.63, 3.8) is 0 Å². The second kappa shape index (κ2) is 4.75. The van der Waals surface area contributed by atoms with Crippen LogP contribution in [0.3, 0.4) is 0 Å². The normalized spacial score (nSPS) is 11.7. The van der Waals surface area contributed by atoms with Gasteiger partial charge in [-0.1, -0.05) is 23.7 Å². The van der Waals surface area contributed by atoms with Crippen molar-refractivity contribution in [2.45, 2.75) is 6.18 Å². The van der Waals surface area contributed by atoms with E-state index in [2.05, 4.69) is 5.10 Å². The summed E-state index contributed by atoms with van der Waals surface area (Å²) in [5.41, 5.74) is -3.62. The minimum atomic E-state index is -5.08. The van der Waals surface area contributed by atoms with Crippen LogP contribution in [-0.4, -0.2) is 14.7 Å². The minimum absolute atomic E-state index is 0.345. The zero-order chi connectivity index (χ0) is 15.1. The van der Waals surface area contributed by atoms with Crippen LogP contribution in [-0.2, 0) is 6.18 Å². The van der Waals surface area contributed by atoms with Gasteiger partial charge in [-0.15, -0.1) is 0 Å².